The molecule has 0 spiro atoms. The Kier molecular flexibility index (Phi) is 11.7. The second-order valence-electron chi connectivity index (χ2n) is 13.2. The van der Waals surface area contributed by atoms with Gasteiger partial charge >= 0.3 is 12.1 Å². The van der Waals surface area contributed by atoms with Gasteiger partial charge in [-0.05, 0) is 73.7 Å². The number of alkyl halides is 5. The molecule has 5 rings (SSSR count). The molecule has 16 heteroatoms. The molecule has 0 saturated carbocycles. The number of phenols is 1. The van der Waals surface area contributed by atoms with Gasteiger partial charge in [0.05, 0.1) is 37.7 Å². The average molecular weight is 758 g/mol. The van der Waals surface area contributed by atoms with Crippen molar-refractivity contribution in [3.8, 4) is 16.9 Å². The van der Waals surface area contributed by atoms with Crippen LogP contribution in [-0.2, 0) is 26.9 Å². The highest BCUT2D eigenvalue weighted by molar-refractivity contribution is 6.32. The van der Waals surface area contributed by atoms with Crippen molar-refractivity contribution >= 4 is 25.2 Å². The van der Waals surface area contributed by atoms with Crippen LogP contribution in [0.4, 0.5) is 30.7 Å². The van der Waals surface area contributed by atoms with E-state index in [9.17, 15) is 41.4 Å². The molecule has 2 radical (unpaired) electrons. The molecule has 1 amide bonds. The number of halogens is 7. The molecule has 8 nitrogen and oxygen atoms in total. The third-order valence-electron chi connectivity index (χ3n) is 9.11. The lowest BCUT2D eigenvalue weighted by Crippen LogP contribution is -2.56. The zero-order chi connectivity index (χ0) is 39.7. The summed E-state index contributed by atoms with van der Waals surface area (Å²) in [6, 6.07) is 7.06. The molecule has 0 aliphatic carbocycles. The molecule has 284 valence electrons. The Morgan fingerprint density at radius 3 is 2.35 bits per heavy atom. The van der Waals surface area contributed by atoms with E-state index in [0.717, 1.165) is 18.2 Å². The number of benzene rings is 3. The Labute approximate surface area is 307 Å². The van der Waals surface area contributed by atoms with Crippen molar-refractivity contribution in [2.45, 2.75) is 57.8 Å². The normalized spacial score (nSPS) is 15.3. The Hall–Kier alpha value is -5.12. The molecule has 0 bridgehead atoms. The quantitative estimate of drug-likeness (QED) is 0.107. The highest BCUT2D eigenvalue weighted by Gasteiger charge is 2.44. The molecule has 1 fully saturated rings. The van der Waals surface area contributed by atoms with Gasteiger partial charge in [-0.2, -0.15) is 13.2 Å². The zero-order valence-corrected chi connectivity index (χ0v) is 29.4. The van der Waals surface area contributed by atoms with Gasteiger partial charge in [0.15, 0.2) is 0 Å². The SMILES string of the molecule is [B]c1ccc(F)c(C(C(=O)N[C@@H](CC(=O)OCC)c2cc(-c3c(C)cccc3O)cc(C)c2F)n2cc(CCN3CC(F)(F)C3)c(C(F)(F)F)cc2=O)c1. The Bertz CT molecular complexity index is 2110. The number of pyridine rings is 1. The summed E-state index contributed by atoms with van der Waals surface area (Å²) >= 11 is 0. The number of amides is 1. The number of nitrogens with one attached hydrogen (secondary N) is 1. The number of carbonyl (C=O) groups is 2. The molecule has 1 saturated heterocycles. The summed E-state index contributed by atoms with van der Waals surface area (Å²) in [5, 5.41) is 13.2. The molecule has 4 aromatic rings. The van der Waals surface area contributed by atoms with Crippen LogP contribution >= 0.6 is 0 Å². The largest absolute Gasteiger partial charge is 0.507 e. The van der Waals surface area contributed by atoms with E-state index in [1.165, 1.54) is 36.9 Å². The minimum atomic E-state index is -5.07. The number of aromatic hydroxyl groups is 1. The molecule has 54 heavy (non-hydrogen) atoms. The maximum atomic E-state index is 16.0. The number of aromatic nitrogens is 1. The minimum absolute atomic E-state index is 0.0512. The Balaban J connectivity index is 1.65. The molecule has 1 aromatic heterocycles. The van der Waals surface area contributed by atoms with Gasteiger partial charge in [-0.15, -0.1) is 0 Å². The summed E-state index contributed by atoms with van der Waals surface area (Å²) in [4.78, 5) is 42.0. The van der Waals surface area contributed by atoms with Crippen LogP contribution in [0.25, 0.3) is 11.1 Å². The highest BCUT2D eigenvalue weighted by Crippen LogP contribution is 2.37. The molecule has 1 unspecified atom stereocenters. The number of likely N-dealkylation sites (tertiary alicyclic amines) is 1. The summed E-state index contributed by atoms with van der Waals surface area (Å²) < 4.78 is 107. The summed E-state index contributed by atoms with van der Waals surface area (Å²) in [5.74, 6) is -7.22. The molecule has 2 atom stereocenters. The van der Waals surface area contributed by atoms with E-state index in [-0.39, 0.29) is 41.6 Å². The summed E-state index contributed by atoms with van der Waals surface area (Å²) in [7, 11) is 5.91. The number of carbonyl (C=O) groups excluding carboxylic acids is 2. The van der Waals surface area contributed by atoms with E-state index in [1.807, 2.05) is 0 Å². The summed E-state index contributed by atoms with van der Waals surface area (Å²) in [6.07, 6.45) is -5.52. The van der Waals surface area contributed by atoms with E-state index in [0.29, 0.717) is 27.5 Å². The van der Waals surface area contributed by atoms with Crippen LogP contribution in [0.3, 0.4) is 0 Å². The topological polar surface area (TPSA) is 101 Å². The number of rotatable bonds is 12. The highest BCUT2D eigenvalue weighted by atomic mass is 19.4. The molecule has 2 N–H and O–H groups in total. The first-order chi connectivity index (χ1) is 25.3. The van der Waals surface area contributed by atoms with Crippen LogP contribution < -0.4 is 16.3 Å². The van der Waals surface area contributed by atoms with E-state index in [2.05, 4.69) is 5.32 Å². The van der Waals surface area contributed by atoms with Gasteiger partial charge in [0, 0.05) is 35.5 Å². The average Bonchev–Trinajstić information content (AvgIpc) is 3.06. The number of esters is 1. The van der Waals surface area contributed by atoms with E-state index in [1.54, 1.807) is 19.1 Å². The molecule has 3 aromatic carbocycles. The van der Waals surface area contributed by atoms with Crippen molar-refractivity contribution in [2.24, 2.45) is 0 Å². The molecular formula is C38H35BF7N3O5. The van der Waals surface area contributed by atoms with Crippen LogP contribution in [0.15, 0.2) is 65.6 Å². The first kappa shape index (κ1) is 40.1. The number of hydrogen-bond acceptors (Lipinski definition) is 6. The van der Waals surface area contributed by atoms with Crippen molar-refractivity contribution in [2.75, 3.05) is 26.2 Å². The zero-order valence-electron chi connectivity index (χ0n) is 29.4. The summed E-state index contributed by atoms with van der Waals surface area (Å²) in [6.45, 7) is 2.91. The molecule has 1 aliphatic rings. The molecule has 1 aliphatic heterocycles. The second kappa shape index (κ2) is 15.7. The van der Waals surface area contributed by atoms with Gasteiger partial charge in [-0.25, -0.2) is 17.6 Å². The van der Waals surface area contributed by atoms with Gasteiger partial charge in [0.1, 0.15) is 31.3 Å². The fraction of sp³-hybridized carbons (Fsp3) is 0.342. The number of hydrogen-bond donors (Lipinski definition) is 2. The van der Waals surface area contributed by atoms with Gasteiger partial charge < -0.3 is 15.2 Å². The fourth-order valence-corrected chi connectivity index (χ4v) is 6.59. The van der Waals surface area contributed by atoms with Crippen LogP contribution in [0.1, 0.15) is 58.8 Å². The van der Waals surface area contributed by atoms with Crippen molar-refractivity contribution in [3.05, 3.63) is 116 Å². The van der Waals surface area contributed by atoms with Gasteiger partial charge in [0.25, 0.3) is 11.5 Å². The predicted molar refractivity (Wildman–Crippen MR) is 186 cm³/mol. The Morgan fingerprint density at radius 1 is 1.02 bits per heavy atom. The van der Waals surface area contributed by atoms with Crippen molar-refractivity contribution in [1.29, 1.82) is 0 Å². The lowest BCUT2D eigenvalue weighted by molar-refractivity contribution is -0.144. The fourth-order valence-electron chi connectivity index (χ4n) is 6.59. The van der Waals surface area contributed by atoms with E-state index >= 15 is 8.78 Å². The molecular weight excluding hydrogens is 722 g/mol. The van der Waals surface area contributed by atoms with Crippen molar-refractivity contribution in [1.82, 2.24) is 14.8 Å². The van der Waals surface area contributed by atoms with Crippen LogP contribution in [-0.4, -0.2) is 66.5 Å². The number of ether oxygens (including phenoxy) is 1. The molecule has 2 heterocycles. The maximum Gasteiger partial charge on any atom is 0.416 e. The van der Waals surface area contributed by atoms with E-state index < -0.39 is 95.9 Å². The monoisotopic (exact) mass is 757 g/mol. The van der Waals surface area contributed by atoms with Crippen molar-refractivity contribution in [3.63, 3.8) is 0 Å². The van der Waals surface area contributed by atoms with Crippen LogP contribution in [0, 0.1) is 25.5 Å². The van der Waals surface area contributed by atoms with Gasteiger partial charge in [-0.1, -0.05) is 29.7 Å². The lowest BCUT2D eigenvalue weighted by atomic mass is 9.90. The Morgan fingerprint density at radius 2 is 1.72 bits per heavy atom. The number of phenolic OH excluding ortho intramolecular Hbond substituents is 1. The first-order valence-corrected chi connectivity index (χ1v) is 16.8. The van der Waals surface area contributed by atoms with Crippen molar-refractivity contribution < 1.29 is 50.2 Å². The lowest BCUT2D eigenvalue weighted by Gasteiger charge is -2.38. The number of nitrogens with zero attached hydrogens (tertiary/aromatic N) is 2. The second-order valence-corrected chi connectivity index (χ2v) is 13.2. The standard InChI is InChI=1S/C38H35BF7N3O5/c1-4-54-32(52)16-29(26-13-23(12-21(3)34(26)41)33-20(2)6-5-7-30(33)50)47-36(53)35(25-14-24(39)8-9-28(25)40)49-17-22(10-11-48-18-37(42,43)19-48)27(15-31(49)51)38(44,45)46/h5-9,12-15,17,29,35,50H,4,10-11,16,18-19H2,1-3H3,(H,47,53)/t29-,35?/m0/s1. The first-order valence-electron chi connectivity index (χ1n) is 16.8. The summed E-state index contributed by atoms with van der Waals surface area (Å²) in [5.41, 5.74) is -2.90. The number of aryl methyl sites for hydroxylation is 2. The van der Waals surface area contributed by atoms with Crippen LogP contribution in [0.2, 0.25) is 0 Å². The van der Waals surface area contributed by atoms with Gasteiger partial charge in [0.2, 0.25) is 5.91 Å². The smallest absolute Gasteiger partial charge is 0.416 e. The third-order valence-corrected chi connectivity index (χ3v) is 9.11. The predicted octanol–water partition coefficient (Wildman–Crippen LogP) is 5.82. The maximum absolute atomic E-state index is 16.0. The van der Waals surface area contributed by atoms with E-state index in [4.69, 9.17) is 12.6 Å². The minimum Gasteiger partial charge on any atom is -0.507 e. The van der Waals surface area contributed by atoms with Crippen LogP contribution in [0.5, 0.6) is 5.75 Å². The third kappa shape index (κ3) is 8.80. The van der Waals surface area contributed by atoms with Gasteiger partial charge in [-0.3, -0.25) is 23.9 Å².